The van der Waals surface area contributed by atoms with E-state index in [0.29, 0.717) is 0 Å². The molecule has 7 heteroatoms. The number of carboxylic acid groups (broad SMARTS) is 2. The van der Waals surface area contributed by atoms with E-state index in [1.807, 2.05) is 0 Å². The highest BCUT2D eigenvalue weighted by Gasteiger charge is 2.63. The third kappa shape index (κ3) is 1.52. The predicted molar refractivity (Wildman–Crippen MR) is 56.3 cm³/mol. The summed E-state index contributed by atoms with van der Waals surface area (Å²) in [5, 5.41) is 18.0. The fourth-order valence-corrected chi connectivity index (χ4v) is 3.76. The molecule has 2 saturated heterocycles. The second-order valence-corrected chi connectivity index (χ2v) is 5.80. The molecule has 0 aromatic heterocycles. The van der Waals surface area contributed by atoms with Crippen molar-refractivity contribution in [2.75, 3.05) is 0 Å². The molecule has 0 saturated carbocycles. The second-order valence-electron chi connectivity index (χ2n) is 3.68. The first kappa shape index (κ1) is 11.3. The molecular formula is C8H8Br2O5. The van der Waals surface area contributed by atoms with E-state index in [0.717, 1.165) is 0 Å². The van der Waals surface area contributed by atoms with Crippen LogP contribution in [0.5, 0.6) is 0 Å². The molecule has 0 spiro atoms. The summed E-state index contributed by atoms with van der Waals surface area (Å²) in [5.41, 5.74) is 0. The molecule has 6 atom stereocenters. The average molecular weight is 344 g/mol. The van der Waals surface area contributed by atoms with E-state index in [4.69, 9.17) is 14.9 Å². The summed E-state index contributed by atoms with van der Waals surface area (Å²) >= 11 is 6.64. The smallest absolute Gasteiger partial charge is 0.310 e. The molecule has 2 aliphatic heterocycles. The fraction of sp³-hybridized carbons (Fsp3) is 0.750. The van der Waals surface area contributed by atoms with Crippen molar-refractivity contribution < 1.29 is 24.5 Å². The Kier molecular flexibility index (Phi) is 2.81. The molecule has 0 amide bonds. The Hall–Kier alpha value is -0.140. The van der Waals surface area contributed by atoms with E-state index < -0.39 is 36.0 Å². The molecule has 5 nitrogen and oxygen atoms in total. The summed E-state index contributed by atoms with van der Waals surface area (Å²) in [6.07, 6.45) is -1.14. The highest BCUT2D eigenvalue weighted by atomic mass is 79.9. The first-order valence-electron chi connectivity index (χ1n) is 4.34. The van der Waals surface area contributed by atoms with Crippen LogP contribution in [0, 0.1) is 11.8 Å². The molecule has 0 aliphatic carbocycles. The van der Waals surface area contributed by atoms with Gasteiger partial charge in [0, 0.05) is 0 Å². The lowest BCUT2D eigenvalue weighted by Crippen LogP contribution is -2.47. The van der Waals surface area contributed by atoms with Crippen molar-refractivity contribution in [2.45, 2.75) is 21.9 Å². The van der Waals surface area contributed by atoms with Gasteiger partial charge in [-0.3, -0.25) is 9.59 Å². The van der Waals surface area contributed by atoms with Crippen LogP contribution < -0.4 is 0 Å². The summed E-state index contributed by atoms with van der Waals surface area (Å²) in [4.78, 5) is 21.7. The van der Waals surface area contributed by atoms with Crippen LogP contribution in [0.1, 0.15) is 0 Å². The van der Waals surface area contributed by atoms with Gasteiger partial charge >= 0.3 is 11.9 Å². The largest absolute Gasteiger partial charge is 0.481 e. The van der Waals surface area contributed by atoms with E-state index in [2.05, 4.69) is 31.9 Å². The minimum atomic E-state index is -1.11. The van der Waals surface area contributed by atoms with Crippen LogP contribution in [0.3, 0.4) is 0 Å². The third-order valence-corrected chi connectivity index (χ3v) is 5.80. The number of hydrogen-bond acceptors (Lipinski definition) is 3. The zero-order valence-corrected chi connectivity index (χ0v) is 10.5. The molecule has 2 fully saturated rings. The van der Waals surface area contributed by atoms with Crippen LogP contribution in [0.25, 0.3) is 0 Å². The number of rotatable bonds is 2. The molecule has 0 radical (unpaired) electrons. The molecule has 0 unspecified atom stereocenters. The van der Waals surface area contributed by atoms with Gasteiger partial charge in [-0.1, -0.05) is 31.9 Å². The van der Waals surface area contributed by atoms with E-state index in [-0.39, 0.29) is 9.65 Å². The molecule has 2 bridgehead atoms. The van der Waals surface area contributed by atoms with Crippen LogP contribution in [0.2, 0.25) is 0 Å². The number of alkyl halides is 2. The molecule has 84 valence electrons. The van der Waals surface area contributed by atoms with Crippen LogP contribution in [-0.4, -0.2) is 44.0 Å². The summed E-state index contributed by atoms with van der Waals surface area (Å²) in [6.45, 7) is 0. The number of fused-ring (bicyclic) bond motifs is 2. The van der Waals surface area contributed by atoms with Gasteiger partial charge in [0.25, 0.3) is 0 Å². The van der Waals surface area contributed by atoms with E-state index in [1.165, 1.54) is 0 Å². The zero-order valence-electron chi connectivity index (χ0n) is 7.34. The number of hydrogen-bond donors (Lipinski definition) is 2. The van der Waals surface area contributed by atoms with E-state index in [1.54, 1.807) is 0 Å². The topological polar surface area (TPSA) is 83.8 Å². The lowest BCUT2D eigenvalue weighted by Gasteiger charge is -2.28. The first-order valence-corrected chi connectivity index (χ1v) is 6.17. The fourth-order valence-electron chi connectivity index (χ4n) is 2.26. The Morgan fingerprint density at radius 1 is 0.933 bits per heavy atom. The van der Waals surface area contributed by atoms with Gasteiger partial charge in [0.15, 0.2) is 0 Å². The van der Waals surface area contributed by atoms with Crippen LogP contribution in [-0.2, 0) is 14.3 Å². The molecular weight excluding hydrogens is 336 g/mol. The van der Waals surface area contributed by atoms with Gasteiger partial charge in [-0.2, -0.15) is 0 Å². The second kappa shape index (κ2) is 3.71. The van der Waals surface area contributed by atoms with Crippen molar-refractivity contribution in [3.8, 4) is 0 Å². The van der Waals surface area contributed by atoms with Gasteiger partial charge in [-0.25, -0.2) is 0 Å². The predicted octanol–water partition coefficient (Wildman–Crippen LogP) is 0.696. The van der Waals surface area contributed by atoms with Crippen molar-refractivity contribution in [3.05, 3.63) is 0 Å². The maximum Gasteiger partial charge on any atom is 0.310 e. The van der Waals surface area contributed by atoms with Crippen molar-refractivity contribution in [2.24, 2.45) is 11.8 Å². The minimum absolute atomic E-state index is 0.154. The number of ether oxygens (including phenoxy) is 1. The number of aliphatic carboxylic acids is 2. The Morgan fingerprint density at radius 3 is 1.53 bits per heavy atom. The van der Waals surface area contributed by atoms with E-state index >= 15 is 0 Å². The summed E-state index contributed by atoms with van der Waals surface area (Å²) in [5.74, 6) is -4.16. The maximum atomic E-state index is 11.0. The molecule has 2 N–H and O–H groups in total. The molecule has 0 aromatic carbocycles. The highest BCUT2D eigenvalue weighted by Crippen LogP contribution is 2.49. The van der Waals surface area contributed by atoms with Gasteiger partial charge in [0.05, 0.1) is 33.7 Å². The summed E-state index contributed by atoms with van der Waals surface area (Å²) in [7, 11) is 0. The van der Waals surface area contributed by atoms with Crippen LogP contribution in [0.15, 0.2) is 0 Å². The Morgan fingerprint density at radius 2 is 1.27 bits per heavy atom. The highest BCUT2D eigenvalue weighted by molar-refractivity contribution is 9.12. The van der Waals surface area contributed by atoms with Crippen molar-refractivity contribution in [1.29, 1.82) is 0 Å². The lowest BCUT2D eigenvalue weighted by molar-refractivity contribution is -0.153. The van der Waals surface area contributed by atoms with E-state index in [9.17, 15) is 9.59 Å². The number of halogens is 2. The van der Waals surface area contributed by atoms with Crippen LogP contribution >= 0.6 is 31.9 Å². The Bertz CT molecular complexity index is 290. The molecule has 2 aliphatic rings. The summed E-state index contributed by atoms with van der Waals surface area (Å²) in [6, 6.07) is 0. The SMILES string of the molecule is O=C(O)[C@@H]1[C@H]2O[C@H]([C@H](Br)[C@@H]2Br)[C@@H]1C(=O)O. The molecule has 15 heavy (non-hydrogen) atoms. The summed E-state index contributed by atoms with van der Waals surface area (Å²) < 4.78 is 5.39. The van der Waals surface area contributed by atoms with Gasteiger partial charge in [0.2, 0.25) is 0 Å². The molecule has 0 aromatic rings. The first-order chi connectivity index (χ1) is 6.95. The number of carboxylic acids is 2. The van der Waals surface area contributed by atoms with Gasteiger partial charge in [0.1, 0.15) is 0 Å². The van der Waals surface area contributed by atoms with Crippen LogP contribution in [0.4, 0.5) is 0 Å². The maximum absolute atomic E-state index is 11.0. The Labute approximate surface area is 102 Å². The van der Waals surface area contributed by atoms with Gasteiger partial charge < -0.3 is 14.9 Å². The van der Waals surface area contributed by atoms with Crippen molar-refractivity contribution >= 4 is 43.8 Å². The third-order valence-electron chi connectivity index (χ3n) is 2.91. The molecule has 2 rings (SSSR count). The number of carbonyl (C=O) groups is 2. The normalized spacial score (nSPS) is 48.1. The minimum Gasteiger partial charge on any atom is -0.481 e. The molecule has 2 heterocycles. The Balaban J connectivity index is 2.32. The lowest BCUT2D eigenvalue weighted by atomic mass is 9.79. The van der Waals surface area contributed by atoms with Crippen molar-refractivity contribution in [3.63, 3.8) is 0 Å². The monoisotopic (exact) mass is 342 g/mol. The zero-order chi connectivity index (χ0) is 11.3. The quantitative estimate of drug-likeness (QED) is 0.721. The van der Waals surface area contributed by atoms with Gasteiger partial charge in [-0.05, 0) is 0 Å². The average Bonchev–Trinajstić information content (AvgIpc) is 2.64. The standard InChI is InChI=1S/C8H8Br2O5/c9-3-4(10)6-2(8(13)14)1(7(11)12)5(3)15-6/h1-6H,(H,11,12)(H,13,14)/t1-,2+,3-,4+,5+,6-. The van der Waals surface area contributed by atoms with Gasteiger partial charge in [-0.15, -0.1) is 0 Å². The van der Waals surface area contributed by atoms with Crippen molar-refractivity contribution in [1.82, 2.24) is 0 Å².